The zero-order chi connectivity index (χ0) is 12.9. The summed E-state index contributed by atoms with van der Waals surface area (Å²) < 4.78 is 0. The molecule has 1 saturated heterocycles. The Hall–Kier alpha value is -1.89. The summed E-state index contributed by atoms with van der Waals surface area (Å²) in [6, 6.07) is 10.2. The molecule has 0 unspecified atom stereocenters. The largest absolute Gasteiger partial charge is 0.314 e. The summed E-state index contributed by atoms with van der Waals surface area (Å²) in [5.74, 6) is 6.51. The van der Waals surface area contributed by atoms with E-state index in [-0.39, 0.29) is 0 Å². The number of hydrogen-bond acceptors (Lipinski definition) is 3. The molecule has 0 radical (unpaired) electrons. The molecule has 19 heavy (non-hydrogen) atoms. The van der Waals surface area contributed by atoms with Crippen molar-refractivity contribution in [2.45, 2.75) is 0 Å². The molecule has 0 aliphatic carbocycles. The first kappa shape index (κ1) is 12.2. The van der Waals surface area contributed by atoms with E-state index in [0.717, 1.165) is 49.2 Å². The summed E-state index contributed by atoms with van der Waals surface area (Å²) in [5, 5.41) is 4.50. The van der Waals surface area contributed by atoms with Crippen molar-refractivity contribution in [3.63, 3.8) is 0 Å². The van der Waals surface area contributed by atoms with E-state index in [0.29, 0.717) is 0 Å². The third-order valence-corrected chi connectivity index (χ3v) is 3.35. The molecule has 2 heterocycles. The van der Waals surface area contributed by atoms with Crippen molar-refractivity contribution in [1.82, 2.24) is 15.2 Å². The van der Waals surface area contributed by atoms with Crippen LogP contribution >= 0.6 is 0 Å². The Bertz CT molecular complexity index is 618. The number of rotatable bonds is 1. The van der Waals surface area contributed by atoms with Gasteiger partial charge >= 0.3 is 0 Å². The summed E-state index contributed by atoms with van der Waals surface area (Å²) >= 11 is 0. The molecule has 1 aliphatic heterocycles. The first-order chi connectivity index (χ1) is 9.42. The molecule has 0 amide bonds. The van der Waals surface area contributed by atoms with Crippen molar-refractivity contribution >= 4 is 10.9 Å². The van der Waals surface area contributed by atoms with Gasteiger partial charge in [-0.05, 0) is 24.3 Å². The Morgan fingerprint density at radius 1 is 1.21 bits per heavy atom. The van der Waals surface area contributed by atoms with Crippen LogP contribution in [0.25, 0.3) is 10.9 Å². The third-order valence-electron chi connectivity index (χ3n) is 3.35. The predicted octanol–water partition coefficient (Wildman–Crippen LogP) is 1.49. The van der Waals surface area contributed by atoms with Crippen LogP contribution in [0.2, 0.25) is 0 Å². The van der Waals surface area contributed by atoms with E-state index in [9.17, 15) is 0 Å². The Labute approximate surface area is 113 Å². The van der Waals surface area contributed by atoms with E-state index < -0.39 is 0 Å². The van der Waals surface area contributed by atoms with Gasteiger partial charge in [0, 0.05) is 43.3 Å². The van der Waals surface area contributed by atoms with Gasteiger partial charge < -0.3 is 5.32 Å². The highest BCUT2D eigenvalue weighted by molar-refractivity contribution is 5.79. The number of fused-ring (bicyclic) bond motifs is 1. The monoisotopic (exact) mass is 251 g/mol. The molecule has 1 N–H and O–H groups in total. The molecule has 96 valence electrons. The standard InChI is InChI=1S/C16H17N3/c1-4-15-13-14(5-6-16(15)18-7-1)3-2-10-19-11-8-17-9-12-19/h1,4-7,13,17H,8-12H2. The smallest absolute Gasteiger partial charge is 0.0702 e. The highest BCUT2D eigenvalue weighted by Crippen LogP contribution is 2.12. The van der Waals surface area contributed by atoms with Crippen molar-refractivity contribution in [2.24, 2.45) is 0 Å². The van der Waals surface area contributed by atoms with Gasteiger partial charge in [-0.15, -0.1) is 0 Å². The van der Waals surface area contributed by atoms with Crippen LogP contribution in [0.15, 0.2) is 36.5 Å². The molecule has 1 fully saturated rings. The van der Waals surface area contributed by atoms with Gasteiger partial charge in [0.25, 0.3) is 0 Å². The topological polar surface area (TPSA) is 28.2 Å². The fourth-order valence-corrected chi connectivity index (χ4v) is 2.28. The van der Waals surface area contributed by atoms with E-state index in [1.165, 1.54) is 0 Å². The first-order valence-corrected chi connectivity index (χ1v) is 6.68. The fourth-order valence-electron chi connectivity index (χ4n) is 2.28. The second kappa shape index (κ2) is 5.83. The number of nitrogens with zero attached hydrogens (tertiary/aromatic N) is 2. The Morgan fingerprint density at radius 2 is 2.11 bits per heavy atom. The summed E-state index contributed by atoms with van der Waals surface area (Å²) in [7, 11) is 0. The van der Waals surface area contributed by atoms with Gasteiger partial charge in [-0.25, -0.2) is 0 Å². The molecular formula is C16H17N3. The molecule has 2 aromatic rings. The molecule has 0 saturated carbocycles. The van der Waals surface area contributed by atoms with Crippen molar-refractivity contribution in [2.75, 3.05) is 32.7 Å². The van der Waals surface area contributed by atoms with Gasteiger partial charge in [-0.2, -0.15) is 0 Å². The van der Waals surface area contributed by atoms with Gasteiger partial charge in [0.2, 0.25) is 0 Å². The van der Waals surface area contributed by atoms with E-state index >= 15 is 0 Å². The molecule has 3 nitrogen and oxygen atoms in total. The SMILES string of the molecule is C(#Cc1ccc2ncccc2c1)CN1CCNCC1. The number of piperazine rings is 1. The molecule has 0 atom stereocenters. The lowest BCUT2D eigenvalue weighted by Crippen LogP contribution is -2.43. The normalized spacial score (nSPS) is 16.0. The fraction of sp³-hybridized carbons (Fsp3) is 0.312. The van der Waals surface area contributed by atoms with Gasteiger partial charge in [0.15, 0.2) is 0 Å². The Morgan fingerprint density at radius 3 is 3.00 bits per heavy atom. The van der Waals surface area contributed by atoms with E-state index in [1.54, 1.807) is 0 Å². The maximum atomic E-state index is 4.31. The van der Waals surface area contributed by atoms with Crippen LogP contribution in [0.1, 0.15) is 5.56 Å². The maximum absolute atomic E-state index is 4.31. The number of aromatic nitrogens is 1. The van der Waals surface area contributed by atoms with Crippen LogP contribution in [0.5, 0.6) is 0 Å². The van der Waals surface area contributed by atoms with Gasteiger partial charge in [-0.3, -0.25) is 9.88 Å². The van der Waals surface area contributed by atoms with Crippen molar-refractivity contribution in [1.29, 1.82) is 0 Å². The van der Waals surface area contributed by atoms with Crippen molar-refractivity contribution in [3.05, 3.63) is 42.1 Å². The first-order valence-electron chi connectivity index (χ1n) is 6.68. The van der Waals surface area contributed by atoms with Crippen LogP contribution in [-0.4, -0.2) is 42.6 Å². The second-order valence-corrected chi connectivity index (χ2v) is 4.74. The average molecular weight is 251 g/mol. The second-order valence-electron chi connectivity index (χ2n) is 4.74. The van der Waals surface area contributed by atoms with Crippen molar-refractivity contribution < 1.29 is 0 Å². The zero-order valence-electron chi connectivity index (χ0n) is 10.9. The summed E-state index contributed by atoms with van der Waals surface area (Å²) in [5.41, 5.74) is 2.09. The molecule has 3 heteroatoms. The molecule has 1 aromatic carbocycles. The zero-order valence-corrected chi connectivity index (χ0v) is 10.9. The number of nitrogens with one attached hydrogen (secondary N) is 1. The van der Waals surface area contributed by atoms with Gasteiger partial charge in [-0.1, -0.05) is 17.9 Å². The molecule has 0 bridgehead atoms. The molecule has 1 aliphatic rings. The number of hydrogen-bond donors (Lipinski definition) is 1. The van der Waals surface area contributed by atoms with E-state index in [2.05, 4.69) is 39.2 Å². The average Bonchev–Trinajstić information content (AvgIpc) is 2.48. The lowest BCUT2D eigenvalue weighted by atomic mass is 10.1. The van der Waals surface area contributed by atoms with E-state index in [1.807, 2.05) is 24.4 Å². The van der Waals surface area contributed by atoms with Crippen molar-refractivity contribution in [3.8, 4) is 11.8 Å². The van der Waals surface area contributed by atoms with E-state index in [4.69, 9.17) is 0 Å². The van der Waals surface area contributed by atoms with Gasteiger partial charge in [0.1, 0.15) is 0 Å². The number of pyridine rings is 1. The van der Waals surface area contributed by atoms with Crippen LogP contribution < -0.4 is 5.32 Å². The highest BCUT2D eigenvalue weighted by atomic mass is 15.2. The van der Waals surface area contributed by atoms with Gasteiger partial charge in [0.05, 0.1) is 12.1 Å². The summed E-state index contributed by atoms with van der Waals surface area (Å²) in [6.07, 6.45) is 1.82. The third kappa shape index (κ3) is 3.11. The minimum atomic E-state index is 0.854. The minimum absolute atomic E-state index is 0.854. The lowest BCUT2D eigenvalue weighted by molar-refractivity contribution is 0.268. The highest BCUT2D eigenvalue weighted by Gasteiger charge is 2.06. The summed E-state index contributed by atoms with van der Waals surface area (Å²) in [4.78, 5) is 6.69. The lowest BCUT2D eigenvalue weighted by Gasteiger charge is -2.24. The van der Waals surface area contributed by atoms with Crippen LogP contribution in [-0.2, 0) is 0 Å². The molecule has 0 spiro atoms. The van der Waals surface area contributed by atoms with Crippen LogP contribution in [0.4, 0.5) is 0 Å². The minimum Gasteiger partial charge on any atom is -0.314 e. The Balaban J connectivity index is 1.70. The van der Waals surface area contributed by atoms with Crippen LogP contribution in [0, 0.1) is 11.8 Å². The number of benzene rings is 1. The molecule has 3 rings (SSSR count). The Kier molecular flexibility index (Phi) is 3.73. The predicted molar refractivity (Wildman–Crippen MR) is 77.9 cm³/mol. The quantitative estimate of drug-likeness (QED) is 0.778. The van der Waals surface area contributed by atoms with Crippen LogP contribution in [0.3, 0.4) is 0 Å². The maximum Gasteiger partial charge on any atom is 0.0702 e. The summed E-state index contributed by atoms with van der Waals surface area (Å²) in [6.45, 7) is 5.19. The molecular weight excluding hydrogens is 234 g/mol. The molecule has 1 aromatic heterocycles.